The summed E-state index contributed by atoms with van der Waals surface area (Å²) in [7, 11) is 0. The summed E-state index contributed by atoms with van der Waals surface area (Å²) in [6, 6.07) is 23.4. The van der Waals surface area contributed by atoms with Crippen LogP contribution in [0.4, 0.5) is 4.79 Å². The van der Waals surface area contributed by atoms with Gasteiger partial charge in [-0.05, 0) is 27.8 Å². The zero-order valence-electron chi connectivity index (χ0n) is 18.3. The first-order chi connectivity index (χ1) is 16.5. The minimum Gasteiger partial charge on any atom is -0.479 e. The molecule has 0 aliphatic heterocycles. The molecular formula is C27H24N2O5. The van der Waals surface area contributed by atoms with Crippen LogP contribution < -0.4 is 10.6 Å². The van der Waals surface area contributed by atoms with Gasteiger partial charge in [0, 0.05) is 18.5 Å². The van der Waals surface area contributed by atoms with Crippen LogP contribution in [-0.4, -0.2) is 36.2 Å². The molecule has 2 amide bonds. The third-order valence-electron chi connectivity index (χ3n) is 5.64. The number of rotatable bonds is 8. The maximum atomic E-state index is 12.2. The quantitative estimate of drug-likeness (QED) is 0.444. The Bertz CT molecular complexity index is 1180. The van der Waals surface area contributed by atoms with Crippen LogP contribution in [0.5, 0.6) is 0 Å². The number of carbonyl (C=O) groups excluding carboxylic acids is 2. The van der Waals surface area contributed by atoms with E-state index in [9.17, 15) is 19.5 Å². The molecule has 1 atom stereocenters. The zero-order valence-corrected chi connectivity index (χ0v) is 18.3. The van der Waals surface area contributed by atoms with Gasteiger partial charge in [-0.2, -0.15) is 0 Å². The van der Waals surface area contributed by atoms with Gasteiger partial charge in [0.15, 0.2) is 6.04 Å². The highest BCUT2D eigenvalue weighted by atomic mass is 16.5. The van der Waals surface area contributed by atoms with Crippen LogP contribution in [0.1, 0.15) is 28.7 Å². The van der Waals surface area contributed by atoms with Gasteiger partial charge in [0.25, 0.3) is 0 Å². The molecule has 1 aliphatic carbocycles. The largest absolute Gasteiger partial charge is 0.479 e. The average molecular weight is 456 g/mol. The average Bonchev–Trinajstić information content (AvgIpc) is 3.18. The van der Waals surface area contributed by atoms with E-state index in [4.69, 9.17) is 4.74 Å². The Balaban J connectivity index is 1.26. The Morgan fingerprint density at radius 1 is 0.882 bits per heavy atom. The first-order valence-corrected chi connectivity index (χ1v) is 10.9. The molecule has 34 heavy (non-hydrogen) atoms. The van der Waals surface area contributed by atoms with E-state index in [0.29, 0.717) is 5.56 Å². The number of carboxylic acids is 1. The Labute approximate surface area is 197 Å². The molecule has 1 aliphatic rings. The minimum atomic E-state index is -1.16. The van der Waals surface area contributed by atoms with Crippen LogP contribution >= 0.6 is 0 Å². The Hall–Kier alpha value is -4.39. The van der Waals surface area contributed by atoms with E-state index < -0.39 is 24.0 Å². The van der Waals surface area contributed by atoms with Gasteiger partial charge in [0.2, 0.25) is 5.91 Å². The fourth-order valence-corrected chi connectivity index (χ4v) is 4.08. The predicted octanol–water partition coefficient (Wildman–Crippen LogP) is 4.02. The van der Waals surface area contributed by atoms with Crippen molar-refractivity contribution in [1.82, 2.24) is 10.6 Å². The lowest BCUT2D eigenvalue weighted by atomic mass is 9.98. The Morgan fingerprint density at radius 3 is 2.09 bits per heavy atom. The highest BCUT2D eigenvalue weighted by molar-refractivity contribution is 5.91. The maximum Gasteiger partial charge on any atom is 0.407 e. The number of nitrogens with one attached hydrogen (secondary N) is 2. The van der Waals surface area contributed by atoms with Crippen molar-refractivity contribution in [3.05, 3.63) is 108 Å². The summed E-state index contributed by atoms with van der Waals surface area (Å²) in [5.74, 6) is -1.78. The molecule has 0 spiro atoms. The van der Waals surface area contributed by atoms with Gasteiger partial charge in [-0.3, -0.25) is 4.79 Å². The lowest BCUT2D eigenvalue weighted by Crippen LogP contribution is -2.32. The number of aliphatic carboxylic acids is 1. The Morgan fingerprint density at radius 2 is 1.47 bits per heavy atom. The van der Waals surface area contributed by atoms with E-state index >= 15 is 0 Å². The normalized spacial score (nSPS) is 13.1. The molecule has 0 heterocycles. The summed E-state index contributed by atoms with van der Waals surface area (Å²) < 4.78 is 5.44. The van der Waals surface area contributed by atoms with Crippen molar-refractivity contribution >= 4 is 18.0 Å². The van der Waals surface area contributed by atoms with Crippen LogP contribution in [-0.2, 0) is 14.3 Å². The van der Waals surface area contributed by atoms with Crippen LogP contribution in [0.3, 0.4) is 0 Å². The van der Waals surface area contributed by atoms with E-state index in [1.165, 1.54) is 12.2 Å². The number of hydrogen-bond donors (Lipinski definition) is 3. The zero-order chi connectivity index (χ0) is 23.9. The van der Waals surface area contributed by atoms with Crippen LogP contribution in [0.25, 0.3) is 11.1 Å². The molecule has 3 aromatic carbocycles. The second-order valence-electron chi connectivity index (χ2n) is 7.80. The SMILES string of the molecule is O=C(/C=C/CNC(=O)OCC1c2ccccc2-c2ccccc21)N[C@@H](C(=O)O)c1ccccc1. The summed E-state index contributed by atoms with van der Waals surface area (Å²) in [6.45, 7) is 0.259. The van der Waals surface area contributed by atoms with Crippen molar-refractivity contribution in [2.75, 3.05) is 13.2 Å². The summed E-state index contributed by atoms with van der Waals surface area (Å²) in [4.78, 5) is 35.8. The van der Waals surface area contributed by atoms with Gasteiger partial charge in [0.05, 0.1) is 0 Å². The molecular weight excluding hydrogens is 432 g/mol. The number of carbonyl (C=O) groups is 3. The summed E-state index contributed by atoms with van der Waals surface area (Å²) in [6.07, 6.45) is 2.02. The first kappa shape index (κ1) is 22.8. The van der Waals surface area contributed by atoms with Gasteiger partial charge in [-0.1, -0.05) is 84.9 Å². The third-order valence-corrected chi connectivity index (χ3v) is 5.64. The number of hydrogen-bond acceptors (Lipinski definition) is 4. The fourth-order valence-electron chi connectivity index (χ4n) is 4.08. The number of carboxylic acid groups (broad SMARTS) is 1. The van der Waals surface area contributed by atoms with Gasteiger partial charge in [-0.25, -0.2) is 9.59 Å². The fraction of sp³-hybridized carbons (Fsp3) is 0.148. The number of alkyl carbamates (subject to hydrolysis) is 1. The van der Waals surface area contributed by atoms with Crippen molar-refractivity contribution in [3.8, 4) is 11.1 Å². The molecule has 0 saturated carbocycles. The van der Waals surface area contributed by atoms with Crippen molar-refractivity contribution in [1.29, 1.82) is 0 Å². The van der Waals surface area contributed by atoms with Crippen molar-refractivity contribution in [2.45, 2.75) is 12.0 Å². The number of ether oxygens (including phenoxy) is 1. The minimum absolute atomic E-state index is 0.0367. The van der Waals surface area contributed by atoms with E-state index in [-0.39, 0.29) is 19.1 Å². The van der Waals surface area contributed by atoms with E-state index in [0.717, 1.165) is 22.3 Å². The van der Waals surface area contributed by atoms with Gasteiger partial charge >= 0.3 is 12.1 Å². The maximum absolute atomic E-state index is 12.2. The van der Waals surface area contributed by atoms with E-state index in [2.05, 4.69) is 22.8 Å². The van der Waals surface area contributed by atoms with Crippen LogP contribution in [0, 0.1) is 0 Å². The molecule has 0 fully saturated rings. The number of fused-ring (bicyclic) bond motifs is 3. The molecule has 0 radical (unpaired) electrons. The van der Waals surface area contributed by atoms with E-state index in [1.807, 2.05) is 36.4 Å². The topological polar surface area (TPSA) is 105 Å². The molecule has 0 aromatic heterocycles. The van der Waals surface area contributed by atoms with E-state index in [1.54, 1.807) is 30.3 Å². The molecule has 0 bridgehead atoms. The standard InChI is InChI=1S/C27H24N2O5/c30-24(29-25(26(31)32)18-9-2-1-3-10-18)15-8-16-28-27(33)34-17-23-21-13-6-4-11-19(21)20-12-5-7-14-22(20)23/h1-15,23,25H,16-17H2,(H,28,33)(H,29,30)(H,31,32)/b15-8+/t25-/m1/s1. The summed E-state index contributed by atoms with van der Waals surface area (Å²) >= 11 is 0. The number of amides is 2. The molecule has 4 rings (SSSR count). The van der Waals surface area contributed by atoms with Crippen molar-refractivity contribution in [3.63, 3.8) is 0 Å². The molecule has 172 valence electrons. The predicted molar refractivity (Wildman–Crippen MR) is 127 cm³/mol. The molecule has 0 saturated heterocycles. The van der Waals surface area contributed by atoms with Crippen molar-refractivity contribution in [2.24, 2.45) is 0 Å². The number of benzene rings is 3. The third kappa shape index (κ3) is 5.15. The monoisotopic (exact) mass is 456 g/mol. The molecule has 3 aromatic rings. The smallest absolute Gasteiger partial charge is 0.407 e. The van der Waals surface area contributed by atoms with Crippen LogP contribution in [0.2, 0.25) is 0 Å². The molecule has 0 unspecified atom stereocenters. The molecule has 7 nitrogen and oxygen atoms in total. The second kappa shape index (κ2) is 10.5. The molecule has 3 N–H and O–H groups in total. The Kier molecular flexibility index (Phi) is 7.03. The van der Waals surface area contributed by atoms with Gasteiger partial charge < -0.3 is 20.5 Å². The highest BCUT2D eigenvalue weighted by Crippen LogP contribution is 2.44. The first-order valence-electron chi connectivity index (χ1n) is 10.9. The lowest BCUT2D eigenvalue weighted by Gasteiger charge is -2.14. The molecule has 7 heteroatoms. The summed E-state index contributed by atoms with van der Waals surface area (Å²) in [5.41, 5.74) is 5.01. The van der Waals surface area contributed by atoms with Gasteiger partial charge in [-0.15, -0.1) is 0 Å². The van der Waals surface area contributed by atoms with Crippen LogP contribution in [0.15, 0.2) is 91.0 Å². The lowest BCUT2D eigenvalue weighted by molar-refractivity contribution is -0.141. The second-order valence-corrected chi connectivity index (χ2v) is 7.80. The van der Waals surface area contributed by atoms with Gasteiger partial charge in [0.1, 0.15) is 6.61 Å². The van der Waals surface area contributed by atoms with Crippen molar-refractivity contribution < 1.29 is 24.2 Å². The highest BCUT2D eigenvalue weighted by Gasteiger charge is 2.29. The summed E-state index contributed by atoms with van der Waals surface area (Å²) in [5, 5.41) is 14.4.